The Morgan fingerprint density at radius 3 is 2.42 bits per heavy atom. The molecule has 0 aliphatic rings. The zero-order chi connectivity index (χ0) is 18.9. The minimum Gasteiger partial charge on any atom is -0.457 e. The zero-order valence-corrected chi connectivity index (χ0v) is 15.5. The number of hydrogen-bond donors (Lipinski definition) is 1. The van der Waals surface area contributed by atoms with Crippen LogP contribution in [0.4, 0.5) is 4.79 Å². The van der Waals surface area contributed by atoms with Crippen LogP contribution in [-0.4, -0.2) is 11.1 Å². The van der Waals surface area contributed by atoms with Crippen molar-refractivity contribution in [2.24, 2.45) is 5.73 Å². The Balaban J connectivity index is 2.25. The van der Waals surface area contributed by atoms with E-state index in [1.165, 1.54) is 0 Å². The van der Waals surface area contributed by atoms with E-state index in [0.29, 0.717) is 22.4 Å². The highest BCUT2D eigenvalue weighted by atomic mass is 35.5. The highest BCUT2D eigenvalue weighted by Crippen LogP contribution is 2.43. The second-order valence-electron chi connectivity index (χ2n) is 6.88. The molecule has 0 aliphatic heterocycles. The fourth-order valence-electron chi connectivity index (χ4n) is 2.74. The van der Waals surface area contributed by atoms with Crippen molar-refractivity contribution in [3.05, 3.63) is 59.4 Å². The van der Waals surface area contributed by atoms with Crippen LogP contribution >= 0.6 is 11.6 Å². The average molecular weight is 371 g/mol. The fourth-order valence-corrected chi connectivity index (χ4v) is 2.91. The summed E-state index contributed by atoms with van der Waals surface area (Å²) in [5.41, 5.74) is 5.80. The number of nitrogens with zero attached hydrogens (tertiary/aromatic N) is 1. The minimum atomic E-state index is -0.852. The molecule has 1 heterocycles. The summed E-state index contributed by atoms with van der Waals surface area (Å²) >= 11 is 5.95. The largest absolute Gasteiger partial charge is 0.457 e. The standard InChI is InChI=1S/C20H19ClN2O3/c1-20(2,3)15-11-16(25-12-8-9-23-17(21)10-12)13-6-4-5-7-14(13)18(15)26-19(22)24/h4-11H,1-3H3,(H2,22,24). The molecule has 0 atom stereocenters. The lowest BCUT2D eigenvalue weighted by Crippen LogP contribution is -2.20. The number of ether oxygens (including phenoxy) is 2. The van der Waals surface area contributed by atoms with Gasteiger partial charge in [-0.3, -0.25) is 0 Å². The molecule has 0 aliphatic carbocycles. The molecule has 0 saturated heterocycles. The van der Waals surface area contributed by atoms with Crippen LogP contribution in [0, 0.1) is 0 Å². The number of pyridine rings is 1. The molecule has 5 nitrogen and oxygen atoms in total. The Morgan fingerprint density at radius 1 is 1.12 bits per heavy atom. The average Bonchev–Trinajstić information content (AvgIpc) is 2.55. The van der Waals surface area contributed by atoms with Crippen molar-refractivity contribution in [2.75, 3.05) is 0 Å². The van der Waals surface area contributed by atoms with Crippen molar-refractivity contribution < 1.29 is 14.3 Å². The van der Waals surface area contributed by atoms with Crippen LogP contribution in [0.15, 0.2) is 48.7 Å². The van der Waals surface area contributed by atoms with Gasteiger partial charge in [-0.25, -0.2) is 9.78 Å². The number of benzene rings is 2. The number of halogens is 1. The van der Waals surface area contributed by atoms with E-state index >= 15 is 0 Å². The Labute approximate surface area is 156 Å². The number of hydrogen-bond acceptors (Lipinski definition) is 4. The minimum absolute atomic E-state index is 0.303. The predicted molar refractivity (Wildman–Crippen MR) is 102 cm³/mol. The van der Waals surface area contributed by atoms with Gasteiger partial charge in [-0.05, 0) is 17.5 Å². The Morgan fingerprint density at radius 2 is 1.81 bits per heavy atom. The van der Waals surface area contributed by atoms with Crippen LogP contribution in [0.2, 0.25) is 5.15 Å². The molecule has 2 aromatic carbocycles. The van der Waals surface area contributed by atoms with E-state index in [0.717, 1.165) is 16.3 Å². The number of carbonyl (C=O) groups excluding carboxylic acids is 1. The smallest absolute Gasteiger partial charge is 0.409 e. The van der Waals surface area contributed by atoms with Gasteiger partial charge in [0.15, 0.2) is 0 Å². The van der Waals surface area contributed by atoms with E-state index in [9.17, 15) is 4.79 Å². The number of primary amides is 1. The van der Waals surface area contributed by atoms with E-state index in [-0.39, 0.29) is 5.41 Å². The molecule has 0 saturated carbocycles. The van der Waals surface area contributed by atoms with Crippen molar-refractivity contribution in [3.63, 3.8) is 0 Å². The molecule has 6 heteroatoms. The third-order valence-electron chi connectivity index (χ3n) is 3.89. The van der Waals surface area contributed by atoms with Gasteiger partial charge in [0.25, 0.3) is 0 Å². The van der Waals surface area contributed by atoms with Crippen LogP contribution < -0.4 is 15.2 Å². The van der Waals surface area contributed by atoms with Crippen LogP contribution in [0.3, 0.4) is 0 Å². The normalized spacial score (nSPS) is 11.4. The molecular weight excluding hydrogens is 352 g/mol. The number of carbonyl (C=O) groups is 1. The number of rotatable bonds is 3. The molecule has 2 N–H and O–H groups in total. The second kappa shape index (κ2) is 6.84. The lowest BCUT2D eigenvalue weighted by Gasteiger charge is -2.24. The fraction of sp³-hybridized carbons (Fsp3) is 0.200. The quantitative estimate of drug-likeness (QED) is 0.623. The lowest BCUT2D eigenvalue weighted by atomic mass is 9.84. The maximum atomic E-state index is 11.5. The van der Waals surface area contributed by atoms with Crippen LogP contribution in [0.25, 0.3) is 10.8 Å². The van der Waals surface area contributed by atoms with Crippen molar-refractivity contribution in [1.82, 2.24) is 4.98 Å². The summed E-state index contributed by atoms with van der Waals surface area (Å²) in [4.78, 5) is 15.4. The summed E-state index contributed by atoms with van der Waals surface area (Å²) in [6, 6.07) is 12.8. The summed E-state index contributed by atoms with van der Waals surface area (Å²) in [6.45, 7) is 6.08. The SMILES string of the molecule is CC(C)(C)c1cc(Oc2ccnc(Cl)c2)c2ccccc2c1OC(N)=O. The summed E-state index contributed by atoms with van der Waals surface area (Å²) in [5.74, 6) is 1.64. The third-order valence-corrected chi connectivity index (χ3v) is 4.10. The highest BCUT2D eigenvalue weighted by Gasteiger charge is 2.25. The number of amides is 1. The van der Waals surface area contributed by atoms with Crippen LogP contribution in [0.5, 0.6) is 17.2 Å². The summed E-state index contributed by atoms with van der Waals surface area (Å²) in [6.07, 6.45) is 0.727. The number of aromatic nitrogens is 1. The predicted octanol–water partition coefficient (Wildman–Crippen LogP) is 5.44. The molecule has 0 unspecified atom stereocenters. The van der Waals surface area contributed by atoms with Crippen molar-refractivity contribution in [3.8, 4) is 17.2 Å². The van der Waals surface area contributed by atoms with Gasteiger partial charge >= 0.3 is 6.09 Å². The molecule has 0 spiro atoms. The van der Waals surface area contributed by atoms with Crippen LogP contribution in [-0.2, 0) is 5.41 Å². The second-order valence-corrected chi connectivity index (χ2v) is 7.27. The molecule has 0 radical (unpaired) electrons. The molecule has 0 fully saturated rings. The van der Waals surface area contributed by atoms with E-state index < -0.39 is 6.09 Å². The van der Waals surface area contributed by atoms with Gasteiger partial charge in [0.1, 0.15) is 22.4 Å². The van der Waals surface area contributed by atoms with Crippen molar-refractivity contribution in [2.45, 2.75) is 26.2 Å². The monoisotopic (exact) mass is 370 g/mol. The van der Waals surface area contributed by atoms with Crippen LogP contribution in [0.1, 0.15) is 26.3 Å². The van der Waals surface area contributed by atoms with Gasteiger partial charge in [0.05, 0.1) is 0 Å². The molecule has 0 bridgehead atoms. The van der Waals surface area contributed by atoms with Gasteiger partial charge in [-0.1, -0.05) is 56.6 Å². The number of nitrogens with two attached hydrogens (primary N) is 1. The summed E-state index contributed by atoms with van der Waals surface area (Å²) in [5, 5.41) is 1.88. The van der Waals surface area contributed by atoms with Crippen molar-refractivity contribution >= 4 is 28.5 Å². The van der Waals surface area contributed by atoms with Gasteiger partial charge in [0.2, 0.25) is 0 Å². The van der Waals surface area contributed by atoms with E-state index in [1.54, 1.807) is 18.3 Å². The topological polar surface area (TPSA) is 74.4 Å². The maximum Gasteiger partial charge on any atom is 0.409 e. The van der Waals surface area contributed by atoms with E-state index in [4.69, 9.17) is 26.8 Å². The summed E-state index contributed by atoms with van der Waals surface area (Å²) in [7, 11) is 0. The Hall–Kier alpha value is -2.79. The highest BCUT2D eigenvalue weighted by molar-refractivity contribution is 6.29. The zero-order valence-electron chi connectivity index (χ0n) is 14.7. The molecular formula is C20H19ClN2O3. The number of fused-ring (bicyclic) bond motifs is 1. The molecule has 1 amide bonds. The third kappa shape index (κ3) is 3.73. The van der Waals surface area contributed by atoms with Gasteiger partial charge < -0.3 is 15.2 Å². The van der Waals surface area contributed by atoms with Crippen molar-refractivity contribution in [1.29, 1.82) is 0 Å². The molecule has 26 heavy (non-hydrogen) atoms. The van der Waals surface area contributed by atoms with Gasteiger partial charge in [-0.2, -0.15) is 0 Å². The van der Waals surface area contributed by atoms with E-state index in [2.05, 4.69) is 4.98 Å². The first-order chi connectivity index (χ1) is 12.3. The first-order valence-electron chi connectivity index (χ1n) is 8.08. The van der Waals surface area contributed by atoms with Gasteiger partial charge in [-0.15, -0.1) is 0 Å². The Bertz CT molecular complexity index is 980. The first kappa shape index (κ1) is 18.0. The molecule has 134 valence electrons. The summed E-state index contributed by atoms with van der Waals surface area (Å²) < 4.78 is 11.4. The van der Waals surface area contributed by atoms with Gasteiger partial charge in [0, 0.05) is 28.6 Å². The molecule has 3 aromatic rings. The maximum absolute atomic E-state index is 11.5. The molecule has 1 aromatic heterocycles. The lowest BCUT2D eigenvalue weighted by molar-refractivity contribution is 0.210. The molecule has 3 rings (SSSR count). The van der Waals surface area contributed by atoms with E-state index in [1.807, 2.05) is 51.1 Å². The first-order valence-corrected chi connectivity index (χ1v) is 8.46. The Kier molecular flexibility index (Phi) is 4.74.